The van der Waals surface area contributed by atoms with Gasteiger partial charge in [0.2, 0.25) is 0 Å². The SMILES string of the molecule is CCCCCCC(CCCCC)(CCCCC)O[SiH3]. The highest BCUT2D eigenvalue weighted by Crippen LogP contribution is 2.31. The Bertz CT molecular complexity index is 172. The van der Waals surface area contributed by atoms with Crippen LogP contribution in [0, 0.1) is 0 Å². The molecule has 0 N–H and O–H groups in total. The molecule has 0 aliphatic carbocycles. The molecule has 2 heteroatoms. The Hall–Kier alpha value is 0.177. The molecule has 0 bridgehead atoms. The summed E-state index contributed by atoms with van der Waals surface area (Å²) in [7, 11) is 0.902. The molecule has 1 nitrogen and oxygen atoms in total. The Kier molecular flexibility index (Phi) is 13.3. The fraction of sp³-hybridized carbons (Fsp3) is 1.00. The lowest BCUT2D eigenvalue weighted by Gasteiger charge is -2.34. The van der Waals surface area contributed by atoms with E-state index in [-0.39, 0.29) is 5.60 Å². The monoisotopic (exact) mass is 286 g/mol. The Morgan fingerprint density at radius 3 is 1.37 bits per heavy atom. The van der Waals surface area contributed by atoms with Gasteiger partial charge >= 0.3 is 0 Å². The molecular formula is C17H38OSi. The van der Waals surface area contributed by atoms with Crippen LogP contribution in [-0.2, 0) is 4.43 Å². The van der Waals surface area contributed by atoms with Crippen molar-refractivity contribution in [2.75, 3.05) is 0 Å². The first kappa shape index (κ1) is 19.2. The molecule has 0 atom stereocenters. The molecule has 0 aliphatic rings. The van der Waals surface area contributed by atoms with Crippen molar-refractivity contribution in [3.8, 4) is 0 Å². The van der Waals surface area contributed by atoms with Gasteiger partial charge in [0, 0.05) is 0 Å². The lowest BCUT2D eigenvalue weighted by Crippen LogP contribution is -2.32. The first-order chi connectivity index (χ1) is 9.24. The predicted molar refractivity (Wildman–Crippen MR) is 90.8 cm³/mol. The Morgan fingerprint density at radius 1 is 0.632 bits per heavy atom. The second-order valence-electron chi connectivity index (χ2n) is 6.11. The van der Waals surface area contributed by atoms with Gasteiger partial charge in [-0.2, -0.15) is 0 Å². The highest BCUT2D eigenvalue weighted by Gasteiger charge is 2.27. The van der Waals surface area contributed by atoms with Gasteiger partial charge < -0.3 is 4.43 Å². The molecule has 116 valence electrons. The number of unbranched alkanes of at least 4 members (excludes halogenated alkanes) is 7. The van der Waals surface area contributed by atoms with Gasteiger partial charge in [-0.25, -0.2) is 0 Å². The molecule has 19 heavy (non-hydrogen) atoms. The maximum absolute atomic E-state index is 6.15. The molecule has 0 aromatic carbocycles. The largest absolute Gasteiger partial charge is 0.422 e. The van der Waals surface area contributed by atoms with Gasteiger partial charge in [-0.1, -0.05) is 85.0 Å². The summed E-state index contributed by atoms with van der Waals surface area (Å²) in [5, 5.41) is 0. The van der Waals surface area contributed by atoms with Crippen molar-refractivity contribution < 1.29 is 4.43 Å². The van der Waals surface area contributed by atoms with E-state index in [0.29, 0.717) is 0 Å². The number of rotatable bonds is 14. The van der Waals surface area contributed by atoms with Crippen LogP contribution in [0.5, 0.6) is 0 Å². The summed E-state index contributed by atoms with van der Waals surface area (Å²) in [5.74, 6) is 0. The van der Waals surface area contributed by atoms with E-state index < -0.39 is 0 Å². The second-order valence-corrected chi connectivity index (χ2v) is 6.52. The van der Waals surface area contributed by atoms with Crippen molar-refractivity contribution in [3.63, 3.8) is 0 Å². The van der Waals surface area contributed by atoms with Gasteiger partial charge in [0.05, 0.1) is 5.60 Å². The van der Waals surface area contributed by atoms with E-state index in [1.54, 1.807) is 0 Å². The highest BCUT2D eigenvalue weighted by molar-refractivity contribution is 5.98. The number of hydrogen-bond acceptors (Lipinski definition) is 1. The Labute approximate surface area is 125 Å². The molecule has 0 rings (SSSR count). The average molecular weight is 287 g/mol. The van der Waals surface area contributed by atoms with Crippen LogP contribution < -0.4 is 0 Å². The summed E-state index contributed by atoms with van der Waals surface area (Å²) < 4.78 is 6.15. The molecule has 0 amide bonds. The second kappa shape index (κ2) is 13.2. The van der Waals surface area contributed by atoms with Crippen molar-refractivity contribution in [1.82, 2.24) is 0 Å². The maximum Gasteiger partial charge on any atom is 0.146 e. The zero-order valence-electron chi connectivity index (χ0n) is 14.1. The van der Waals surface area contributed by atoms with Gasteiger partial charge in [-0.05, 0) is 19.3 Å². The van der Waals surface area contributed by atoms with Crippen LogP contribution >= 0.6 is 0 Å². The summed E-state index contributed by atoms with van der Waals surface area (Å²) in [6.07, 6.45) is 17.5. The minimum Gasteiger partial charge on any atom is -0.422 e. The van der Waals surface area contributed by atoms with Crippen molar-refractivity contribution in [2.45, 2.75) is 110 Å². The third-order valence-electron chi connectivity index (χ3n) is 4.39. The van der Waals surface area contributed by atoms with Crippen molar-refractivity contribution in [1.29, 1.82) is 0 Å². The third kappa shape index (κ3) is 9.67. The van der Waals surface area contributed by atoms with E-state index in [0.717, 1.165) is 10.5 Å². The van der Waals surface area contributed by atoms with E-state index in [1.165, 1.54) is 83.5 Å². The molecule has 0 aromatic heterocycles. The molecule has 0 saturated carbocycles. The minimum atomic E-state index is 0.254. The van der Waals surface area contributed by atoms with Crippen LogP contribution in [0.2, 0.25) is 0 Å². The van der Waals surface area contributed by atoms with Crippen LogP contribution in [0.1, 0.15) is 104 Å². The fourth-order valence-corrected chi connectivity index (χ4v) is 3.56. The molecule has 0 spiro atoms. The van der Waals surface area contributed by atoms with E-state index >= 15 is 0 Å². The lowest BCUT2D eigenvalue weighted by atomic mass is 9.85. The average Bonchev–Trinajstić information content (AvgIpc) is 2.43. The molecule has 0 fully saturated rings. The summed E-state index contributed by atoms with van der Waals surface area (Å²) in [4.78, 5) is 0. The topological polar surface area (TPSA) is 9.23 Å². The third-order valence-corrected chi connectivity index (χ3v) is 5.26. The van der Waals surface area contributed by atoms with Crippen LogP contribution in [-0.4, -0.2) is 16.1 Å². The van der Waals surface area contributed by atoms with E-state index in [1.807, 2.05) is 0 Å². The van der Waals surface area contributed by atoms with Gasteiger partial charge in [-0.3, -0.25) is 0 Å². The smallest absolute Gasteiger partial charge is 0.146 e. The van der Waals surface area contributed by atoms with Gasteiger partial charge in [0.1, 0.15) is 10.5 Å². The normalized spacial score (nSPS) is 12.2. The quantitative estimate of drug-likeness (QED) is 0.317. The summed E-state index contributed by atoms with van der Waals surface area (Å²) in [5.41, 5.74) is 0.254. The zero-order valence-corrected chi connectivity index (χ0v) is 16.1. The van der Waals surface area contributed by atoms with Crippen LogP contribution in [0.15, 0.2) is 0 Å². The summed E-state index contributed by atoms with van der Waals surface area (Å²) >= 11 is 0. The molecule has 0 aromatic rings. The summed E-state index contributed by atoms with van der Waals surface area (Å²) in [6, 6.07) is 0. The van der Waals surface area contributed by atoms with Gasteiger partial charge in [-0.15, -0.1) is 0 Å². The first-order valence-electron chi connectivity index (χ1n) is 8.79. The molecule has 0 heterocycles. The van der Waals surface area contributed by atoms with Crippen molar-refractivity contribution >= 4 is 10.5 Å². The number of hydrogen-bond donors (Lipinski definition) is 0. The molecule has 0 radical (unpaired) electrons. The summed E-state index contributed by atoms with van der Waals surface area (Å²) in [6.45, 7) is 6.88. The first-order valence-corrected chi connectivity index (χ1v) is 9.61. The minimum absolute atomic E-state index is 0.254. The maximum atomic E-state index is 6.15. The molecule has 0 saturated heterocycles. The van der Waals surface area contributed by atoms with Gasteiger partial charge in [0.15, 0.2) is 0 Å². The van der Waals surface area contributed by atoms with Crippen molar-refractivity contribution in [2.24, 2.45) is 0 Å². The van der Waals surface area contributed by atoms with E-state index in [2.05, 4.69) is 20.8 Å². The van der Waals surface area contributed by atoms with Crippen LogP contribution in [0.3, 0.4) is 0 Å². The molecule has 0 aliphatic heterocycles. The Morgan fingerprint density at radius 2 is 1.00 bits per heavy atom. The fourth-order valence-electron chi connectivity index (χ4n) is 2.95. The van der Waals surface area contributed by atoms with Gasteiger partial charge in [0.25, 0.3) is 0 Å². The highest BCUT2D eigenvalue weighted by atomic mass is 28.2. The molecule has 0 unspecified atom stereocenters. The Balaban J connectivity index is 4.20. The zero-order chi connectivity index (χ0) is 14.4. The lowest BCUT2D eigenvalue weighted by molar-refractivity contribution is 0.0426. The molecular weight excluding hydrogens is 248 g/mol. The van der Waals surface area contributed by atoms with Crippen LogP contribution in [0.4, 0.5) is 0 Å². The van der Waals surface area contributed by atoms with E-state index in [4.69, 9.17) is 4.43 Å². The van der Waals surface area contributed by atoms with Crippen molar-refractivity contribution in [3.05, 3.63) is 0 Å². The van der Waals surface area contributed by atoms with E-state index in [9.17, 15) is 0 Å². The standard InChI is InChI=1S/C17H38OSi/c1-4-7-10-13-16-17(18-19,14-11-8-5-2)15-12-9-6-3/h4-16H2,1-3,19H3. The predicted octanol–water partition coefficient (Wildman–Crippen LogP) is 5.15. The van der Waals surface area contributed by atoms with Crippen LogP contribution in [0.25, 0.3) is 0 Å².